The Hall–Kier alpha value is -2.78. The van der Waals surface area contributed by atoms with Gasteiger partial charge < -0.3 is 19.5 Å². The van der Waals surface area contributed by atoms with Crippen LogP contribution in [0.25, 0.3) is 0 Å². The van der Waals surface area contributed by atoms with Crippen LogP contribution in [0.15, 0.2) is 42.5 Å². The minimum Gasteiger partial charge on any atom is -0.454 e. The highest BCUT2D eigenvalue weighted by atomic mass is 32.2. The third-order valence-electron chi connectivity index (χ3n) is 6.13. The summed E-state index contributed by atoms with van der Waals surface area (Å²) in [5, 5.41) is 2.98. The van der Waals surface area contributed by atoms with Crippen LogP contribution in [0.5, 0.6) is 11.5 Å². The molecule has 0 bridgehead atoms. The van der Waals surface area contributed by atoms with Gasteiger partial charge in [-0.1, -0.05) is 24.3 Å². The summed E-state index contributed by atoms with van der Waals surface area (Å²) >= 11 is 0. The molecule has 0 saturated carbocycles. The van der Waals surface area contributed by atoms with Gasteiger partial charge in [0.1, 0.15) is 6.54 Å². The lowest BCUT2D eigenvalue weighted by Crippen LogP contribution is -2.48. The number of ether oxygens (including phenoxy) is 3. The van der Waals surface area contributed by atoms with Crippen LogP contribution in [0, 0.1) is 6.92 Å². The number of nitrogens with zero attached hydrogens (tertiary/aromatic N) is 1. The van der Waals surface area contributed by atoms with Gasteiger partial charge in [-0.2, -0.15) is 0 Å². The van der Waals surface area contributed by atoms with Gasteiger partial charge in [0.2, 0.25) is 22.7 Å². The number of nitrogens with one attached hydrogen (secondary N) is 1. The molecule has 2 aliphatic rings. The fourth-order valence-electron chi connectivity index (χ4n) is 4.23. The van der Waals surface area contributed by atoms with E-state index in [0.717, 1.165) is 34.5 Å². The van der Waals surface area contributed by atoms with Gasteiger partial charge in [0.05, 0.1) is 11.9 Å². The molecule has 1 N–H and O–H groups in total. The lowest BCUT2D eigenvalue weighted by atomic mass is 9.74. The first kappa shape index (κ1) is 22.4. The summed E-state index contributed by atoms with van der Waals surface area (Å²) in [5.74, 6) is 1.05. The molecule has 1 fully saturated rings. The number of anilines is 1. The summed E-state index contributed by atoms with van der Waals surface area (Å²) in [6.45, 7) is 3.29. The Morgan fingerprint density at radius 1 is 1.09 bits per heavy atom. The number of carbonyl (C=O) groups is 1. The van der Waals surface area contributed by atoms with E-state index in [2.05, 4.69) is 5.32 Å². The SMILES string of the molecule is Cc1ccccc1N(CC(=O)NCC1(c2ccc3c(c2)OCO3)CCOCC1)S(C)(=O)=O. The van der Waals surface area contributed by atoms with Gasteiger partial charge in [-0.15, -0.1) is 0 Å². The van der Waals surface area contributed by atoms with Crippen LogP contribution < -0.4 is 19.1 Å². The zero-order valence-corrected chi connectivity index (χ0v) is 19.1. The van der Waals surface area contributed by atoms with E-state index >= 15 is 0 Å². The minimum absolute atomic E-state index is 0.200. The Morgan fingerprint density at radius 3 is 2.53 bits per heavy atom. The Bertz CT molecular complexity index is 1100. The molecule has 2 aromatic rings. The smallest absolute Gasteiger partial charge is 0.240 e. The molecule has 0 aromatic heterocycles. The second-order valence-electron chi connectivity index (χ2n) is 8.29. The first-order chi connectivity index (χ1) is 15.3. The first-order valence-electron chi connectivity index (χ1n) is 10.6. The van der Waals surface area contributed by atoms with Crippen LogP contribution in [0.1, 0.15) is 24.0 Å². The molecule has 0 spiro atoms. The third kappa shape index (κ3) is 4.68. The van der Waals surface area contributed by atoms with E-state index in [-0.39, 0.29) is 24.7 Å². The predicted molar refractivity (Wildman–Crippen MR) is 121 cm³/mol. The molecular weight excluding hydrogens is 432 g/mol. The van der Waals surface area contributed by atoms with Crippen molar-refractivity contribution in [1.82, 2.24) is 5.32 Å². The molecule has 2 aliphatic heterocycles. The molecule has 2 heterocycles. The number of carbonyl (C=O) groups excluding carboxylic acids is 1. The maximum Gasteiger partial charge on any atom is 0.240 e. The molecule has 0 atom stereocenters. The number of hydrogen-bond acceptors (Lipinski definition) is 6. The van der Waals surface area contributed by atoms with E-state index in [1.165, 1.54) is 0 Å². The maximum atomic E-state index is 12.9. The lowest BCUT2D eigenvalue weighted by Gasteiger charge is -2.38. The van der Waals surface area contributed by atoms with E-state index in [4.69, 9.17) is 14.2 Å². The quantitative estimate of drug-likeness (QED) is 0.682. The molecule has 4 rings (SSSR count). The highest BCUT2D eigenvalue weighted by molar-refractivity contribution is 7.92. The number of benzene rings is 2. The van der Waals surface area contributed by atoms with Crippen LogP contribution in [-0.4, -0.2) is 53.7 Å². The van der Waals surface area contributed by atoms with Gasteiger partial charge in [0, 0.05) is 25.2 Å². The third-order valence-corrected chi connectivity index (χ3v) is 7.26. The van der Waals surface area contributed by atoms with Crippen molar-refractivity contribution in [2.75, 3.05) is 43.7 Å². The summed E-state index contributed by atoms with van der Waals surface area (Å²) in [6.07, 6.45) is 2.58. The van der Waals surface area contributed by atoms with Crippen LogP contribution >= 0.6 is 0 Å². The monoisotopic (exact) mass is 460 g/mol. The fraction of sp³-hybridized carbons (Fsp3) is 0.435. The average Bonchev–Trinajstić information content (AvgIpc) is 3.25. The van der Waals surface area contributed by atoms with Crippen molar-refractivity contribution in [1.29, 1.82) is 0 Å². The number of fused-ring (bicyclic) bond motifs is 1. The number of hydrogen-bond donors (Lipinski definition) is 1. The van der Waals surface area contributed by atoms with Gasteiger partial charge in [-0.05, 0) is 49.1 Å². The van der Waals surface area contributed by atoms with Crippen LogP contribution in [0.3, 0.4) is 0 Å². The van der Waals surface area contributed by atoms with Gasteiger partial charge in [-0.25, -0.2) is 8.42 Å². The fourth-order valence-corrected chi connectivity index (χ4v) is 5.15. The average molecular weight is 461 g/mol. The number of sulfonamides is 1. The molecule has 1 amide bonds. The van der Waals surface area contributed by atoms with Crippen molar-refractivity contribution in [3.63, 3.8) is 0 Å². The summed E-state index contributed by atoms with van der Waals surface area (Å²) in [5.41, 5.74) is 2.01. The topological polar surface area (TPSA) is 94.2 Å². The number of amides is 1. The van der Waals surface area contributed by atoms with Crippen molar-refractivity contribution < 1.29 is 27.4 Å². The zero-order valence-electron chi connectivity index (χ0n) is 18.3. The second-order valence-corrected chi connectivity index (χ2v) is 10.2. The second kappa shape index (κ2) is 8.99. The molecule has 9 heteroatoms. The number of rotatable bonds is 7. The highest BCUT2D eigenvalue weighted by Crippen LogP contribution is 2.40. The molecule has 0 aliphatic carbocycles. The molecule has 1 saturated heterocycles. The maximum absolute atomic E-state index is 12.9. The van der Waals surface area contributed by atoms with Crippen molar-refractivity contribution in [2.45, 2.75) is 25.2 Å². The Balaban J connectivity index is 1.52. The van der Waals surface area contributed by atoms with E-state index < -0.39 is 10.0 Å². The molecule has 0 radical (unpaired) electrons. The lowest BCUT2D eigenvalue weighted by molar-refractivity contribution is -0.120. The standard InChI is InChI=1S/C23H28N2O6S/c1-17-5-3-4-6-19(17)25(32(2,27)28)14-22(26)24-15-23(9-11-29-12-10-23)18-7-8-20-21(13-18)31-16-30-20/h3-8,13H,9-12,14-16H2,1-2H3,(H,24,26). The Morgan fingerprint density at radius 2 is 1.81 bits per heavy atom. The van der Waals surface area contributed by atoms with Gasteiger partial charge in [0.25, 0.3) is 0 Å². The summed E-state index contributed by atoms with van der Waals surface area (Å²) in [4.78, 5) is 12.9. The normalized spacial score (nSPS) is 17.1. The van der Waals surface area contributed by atoms with E-state index in [0.29, 0.717) is 36.9 Å². The largest absolute Gasteiger partial charge is 0.454 e. The summed E-state index contributed by atoms with van der Waals surface area (Å²) in [7, 11) is -3.63. The van der Waals surface area contributed by atoms with Crippen molar-refractivity contribution in [3.8, 4) is 11.5 Å². The predicted octanol–water partition coefficient (Wildman–Crippen LogP) is 2.35. The molecule has 2 aromatic carbocycles. The van der Waals surface area contributed by atoms with Crippen LogP contribution in [0.2, 0.25) is 0 Å². The first-order valence-corrected chi connectivity index (χ1v) is 12.4. The van der Waals surface area contributed by atoms with Gasteiger partial charge in [-0.3, -0.25) is 9.10 Å². The number of para-hydroxylation sites is 1. The number of aryl methyl sites for hydroxylation is 1. The summed E-state index contributed by atoms with van der Waals surface area (Å²) < 4.78 is 42.5. The molecular formula is C23H28N2O6S. The van der Waals surface area contributed by atoms with E-state index in [9.17, 15) is 13.2 Å². The molecule has 32 heavy (non-hydrogen) atoms. The van der Waals surface area contributed by atoms with E-state index in [1.54, 1.807) is 12.1 Å². The molecule has 8 nitrogen and oxygen atoms in total. The zero-order chi connectivity index (χ0) is 22.8. The van der Waals surface area contributed by atoms with Crippen LogP contribution in [-0.2, 0) is 25.0 Å². The van der Waals surface area contributed by atoms with Crippen LogP contribution in [0.4, 0.5) is 5.69 Å². The molecule has 0 unspecified atom stereocenters. The van der Waals surface area contributed by atoms with Gasteiger partial charge >= 0.3 is 0 Å². The Labute approximate surface area is 188 Å². The van der Waals surface area contributed by atoms with Gasteiger partial charge in [0.15, 0.2) is 11.5 Å². The summed E-state index contributed by atoms with van der Waals surface area (Å²) in [6, 6.07) is 13.0. The Kier molecular flexibility index (Phi) is 6.30. The van der Waals surface area contributed by atoms with Crippen molar-refractivity contribution in [3.05, 3.63) is 53.6 Å². The minimum atomic E-state index is -3.63. The molecule has 172 valence electrons. The highest BCUT2D eigenvalue weighted by Gasteiger charge is 2.36. The van der Waals surface area contributed by atoms with Crippen molar-refractivity contribution >= 4 is 21.6 Å². The van der Waals surface area contributed by atoms with E-state index in [1.807, 2.05) is 37.3 Å². The van der Waals surface area contributed by atoms with Crippen molar-refractivity contribution in [2.24, 2.45) is 0 Å².